The summed E-state index contributed by atoms with van der Waals surface area (Å²) in [6.07, 6.45) is 3.65. The van der Waals surface area contributed by atoms with Crippen LogP contribution in [0.1, 0.15) is 53.9 Å². The topological polar surface area (TPSA) is 98.2 Å². The van der Waals surface area contributed by atoms with Gasteiger partial charge >= 0.3 is 0 Å². The number of hydrogen-bond donors (Lipinski definition) is 1. The van der Waals surface area contributed by atoms with E-state index in [1.165, 1.54) is 10.5 Å². The van der Waals surface area contributed by atoms with Crippen molar-refractivity contribution in [1.82, 2.24) is 14.7 Å². The molecule has 0 radical (unpaired) electrons. The summed E-state index contributed by atoms with van der Waals surface area (Å²) in [5, 5.41) is 10.6. The molecule has 46 heavy (non-hydrogen) atoms. The first kappa shape index (κ1) is 31.9. The van der Waals surface area contributed by atoms with Crippen LogP contribution < -0.4 is 0 Å². The minimum absolute atomic E-state index is 0.0337. The number of amides is 4. The molecule has 242 valence electrons. The number of alkyl halides is 3. The SMILES string of the molecule is Cc1cc(C2C3=CCC4C(=O)N(C5CCN(Cc6ccccc6)CC5)C(=O)C4C3CC3(Cl)C(=O)N(CBr)C(=O)C23Cl)cc(C)c1O. The van der Waals surface area contributed by atoms with Crippen LogP contribution in [0.15, 0.2) is 54.1 Å². The third-order valence-electron chi connectivity index (χ3n) is 11.1. The summed E-state index contributed by atoms with van der Waals surface area (Å²) in [6, 6.07) is 13.6. The highest BCUT2D eigenvalue weighted by molar-refractivity contribution is 9.09. The summed E-state index contributed by atoms with van der Waals surface area (Å²) in [6.45, 7) is 5.91. The standard InChI is InChI=1S/C35H36BrCl2N3O5/c1-19-14-22(15-20(2)29(19)42)28-24-8-9-25-27(26(24)16-34(37)32(45)40(18-36)33(46)35(28,34)38)31(44)41(30(25)43)23-10-12-39(13-11-23)17-21-6-4-3-5-7-21/h3-8,14-15,23,25-28,42H,9-13,16-18H2,1-2H3. The van der Waals surface area contributed by atoms with Crippen LogP contribution in [0.2, 0.25) is 0 Å². The number of hydrogen-bond acceptors (Lipinski definition) is 6. The van der Waals surface area contributed by atoms with Gasteiger partial charge in [-0.2, -0.15) is 0 Å². The fourth-order valence-corrected chi connectivity index (χ4v) is 10.3. The second kappa shape index (κ2) is 11.5. The number of fused-ring (bicyclic) bond motifs is 4. The normalized spacial score (nSPS) is 33.3. The third-order valence-corrected chi connectivity index (χ3v) is 13.0. The van der Waals surface area contributed by atoms with Crippen molar-refractivity contribution >= 4 is 62.8 Å². The van der Waals surface area contributed by atoms with Gasteiger partial charge in [-0.3, -0.25) is 33.9 Å². The molecule has 0 aromatic heterocycles. The predicted molar refractivity (Wildman–Crippen MR) is 178 cm³/mol. The van der Waals surface area contributed by atoms with Gasteiger partial charge in [0.15, 0.2) is 9.75 Å². The van der Waals surface area contributed by atoms with Crippen molar-refractivity contribution in [3.05, 3.63) is 76.4 Å². The van der Waals surface area contributed by atoms with E-state index in [0.29, 0.717) is 36.0 Å². The van der Waals surface area contributed by atoms with E-state index in [2.05, 4.69) is 33.0 Å². The Hall–Kier alpha value is -2.72. The number of piperidine rings is 1. The maximum atomic E-state index is 14.4. The number of rotatable bonds is 5. The molecular weight excluding hydrogens is 693 g/mol. The van der Waals surface area contributed by atoms with Gasteiger partial charge in [-0.25, -0.2) is 0 Å². The average Bonchev–Trinajstić information content (AvgIpc) is 3.38. The maximum Gasteiger partial charge on any atom is 0.254 e. The zero-order valence-corrected chi connectivity index (χ0v) is 28.8. The summed E-state index contributed by atoms with van der Waals surface area (Å²) in [4.78, 5) is 57.5. The molecule has 11 heteroatoms. The maximum absolute atomic E-state index is 14.4. The van der Waals surface area contributed by atoms with Crippen LogP contribution in [0.4, 0.5) is 0 Å². The summed E-state index contributed by atoms with van der Waals surface area (Å²) >= 11 is 18.0. The number of aryl methyl sites for hydroxylation is 2. The molecule has 4 amide bonds. The lowest BCUT2D eigenvalue weighted by atomic mass is 9.56. The van der Waals surface area contributed by atoms with Gasteiger partial charge in [0.1, 0.15) is 5.75 Å². The second-order valence-electron chi connectivity index (χ2n) is 13.5. The lowest BCUT2D eigenvalue weighted by Crippen LogP contribution is -2.60. The van der Waals surface area contributed by atoms with Crippen molar-refractivity contribution < 1.29 is 24.3 Å². The largest absolute Gasteiger partial charge is 0.507 e. The van der Waals surface area contributed by atoms with Gasteiger partial charge in [0, 0.05) is 31.6 Å². The summed E-state index contributed by atoms with van der Waals surface area (Å²) in [7, 11) is 0. The van der Waals surface area contributed by atoms with E-state index in [4.69, 9.17) is 23.2 Å². The molecule has 6 atom stereocenters. The van der Waals surface area contributed by atoms with E-state index in [-0.39, 0.29) is 35.5 Å². The quantitative estimate of drug-likeness (QED) is 0.192. The first-order valence-corrected chi connectivity index (χ1v) is 17.7. The minimum Gasteiger partial charge on any atom is -0.507 e. The van der Waals surface area contributed by atoms with Gasteiger partial charge in [-0.15, -0.1) is 23.2 Å². The van der Waals surface area contributed by atoms with Crippen molar-refractivity contribution in [2.45, 2.75) is 67.8 Å². The number of carbonyl (C=O) groups excluding carboxylic acids is 4. The molecular formula is C35H36BrCl2N3O5. The molecule has 1 N–H and O–H groups in total. The second-order valence-corrected chi connectivity index (χ2v) is 15.3. The van der Waals surface area contributed by atoms with Gasteiger partial charge < -0.3 is 5.11 Å². The average molecular weight is 729 g/mol. The van der Waals surface area contributed by atoms with Crippen molar-refractivity contribution in [1.29, 1.82) is 0 Å². The van der Waals surface area contributed by atoms with E-state index in [1.807, 2.05) is 24.3 Å². The first-order chi connectivity index (χ1) is 21.9. The smallest absolute Gasteiger partial charge is 0.254 e. The van der Waals surface area contributed by atoms with Crippen molar-refractivity contribution in [2.75, 3.05) is 18.5 Å². The minimum atomic E-state index is -1.86. The zero-order valence-electron chi connectivity index (χ0n) is 25.7. The van der Waals surface area contributed by atoms with Gasteiger partial charge in [0.25, 0.3) is 11.8 Å². The lowest BCUT2D eigenvalue weighted by molar-refractivity contribution is -0.144. The number of phenolic OH excluding ortho intramolecular Hbond substituents is 1. The molecule has 8 nitrogen and oxygen atoms in total. The Morgan fingerprint density at radius 3 is 2.22 bits per heavy atom. The molecule has 1 saturated carbocycles. The molecule has 3 aliphatic heterocycles. The molecule has 5 aliphatic rings. The highest BCUT2D eigenvalue weighted by atomic mass is 79.9. The van der Waals surface area contributed by atoms with E-state index in [0.717, 1.165) is 30.1 Å². The third kappa shape index (κ3) is 4.48. The van der Waals surface area contributed by atoms with Crippen LogP contribution in [0.25, 0.3) is 0 Å². The van der Waals surface area contributed by atoms with Crippen LogP contribution >= 0.6 is 39.1 Å². The van der Waals surface area contributed by atoms with Crippen molar-refractivity contribution in [3.63, 3.8) is 0 Å². The molecule has 2 aromatic rings. The Labute approximate surface area is 286 Å². The molecule has 0 bridgehead atoms. The number of nitrogens with zero attached hydrogens (tertiary/aromatic N) is 3. The van der Waals surface area contributed by atoms with Crippen LogP contribution in [0.5, 0.6) is 5.75 Å². The number of phenols is 1. The van der Waals surface area contributed by atoms with E-state index < -0.39 is 45.2 Å². The van der Waals surface area contributed by atoms with Crippen LogP contribution in [-0.4, -0.2) is 77.8 Å². The number of benzene rings is 2. The van der Waals surface area contributed by atoms with E-state index in [1.54, 1.807) is 26.0 Å². The van der Waals surface area contributed by atoms with Gasteiger partial charge in [-0.1, -0.05) is 70.0 Å². The Morgan fingerprint density at radius 2 is 1.59 bits per heavy atom. The molecule has 4 fully saturated rings. The van der Waals surface area contributed by atoms with Gasteiger partial charge in [0.05, 0.1) is 17.3 Å². The molecule has 2 aliphatic carbocycles. The number of imide groups is 2. The fourth-order valence-electron chi connectivity index (χ4n) is 8.84. The monoisotopic (exact) mass is 727 g/mol. The molecule has 0 spiro atoms. The number of aromatic hydroxyl groups is 1. The summed E-state index contributed by atoms with van der Waals surface area (Å²) < 4.78 is 0. The number of halogens is 3. The molecule has 6 unspecified atom stereocenters. The highest BCUT2D eigenvalue weighted by Crippen LogP contribution is 2.65. The summed E-state index contributed by atoms with van der Waals surface area (Å²) in [5.41, 5.74) is 3.75. The van der Waals surface area contributed by atoms with Crippen LogP contribution in [-0.2, 0) is 25.7 Å². The van der Waals surface area contributed by atoms with E-state index >= 15 is 0 Å². The molecule has 3 saturated heterocycles. The first-order valence-electron chi connectivity index (χ1n) is 15.9. The van der Waals surface area contributed by atoms with Gasteiger partial charge in [-0.05, 0) is 67.7 Å². The number of allylic oxidation sites excluding steroid dienone is 2. The summed E-state index contributed by atoms with van der Waals surface area (Å²) in [5.74, 6) is -4.13. The van der Waals surface area contributed by atoms with Crippen molar-refractivity contribution in [3.8, 4) is 5.75 Å². The lowest BCUT2D eigenvalue weighted by Gasteiger charge is -2.51. The fraction of sp³-hybridized carbons (Fsp3) is 0.486. The van der Waals surface area contributed by atoms with Gasteiger partial charge in [0.2, 0.25) is 11.8 Å². The Morgan fingerprint density at radius 1 is 0.935 bits per heavy atom. The highest BCUT2D eigenvalue weighted by Gasteiger charge is 2.76. The van der Waals surface area contributed by atoms with Crippen molar-refractivity contribution in [2.24, 2.45) is 17.8 Å². The predicted octanol–water partition coefficient (Wildman–Crippen LogP) is 5.38. The Balaban J connectivity index is 1.23. The van der Waals surface area contributed by atoms with Crippen LogP contribution in [0.3, 0.4) is 0 Å². The molecule has 7 rings (SSSR count). The Kier molecular flexibility index (Phi) is 7.94. The number of carbonyl (C=O) groups is 4. The Bertz CT molecular complexity index is 1650. The molecule has 3 heterocycles. The van der Waals surface area contributed by atoms with Crippen LogP contribution in [0, 0.1) is 31.6 Å². The molecule has 2 aromatic carbocycles. The van der Waals surface area contributed by atoms with E-state index in [9.17, 15) is 24.3 Å². The number of likely N-dealkylation sites (tertiary alicyclic amines) is 3. The zero-order chi connectivity index (χ0) is 32.7.